The molecule has 2 N–H and O–H groups in total. The molecule has 6 heteroatoms. The molecule has 0 spiro atoms. The van der Waals surface area contributed by atoms with Gasteiger partial charge in [0.25, 0.3) is 0 Å². The minimum atomic E-state index is -0.397. The van der Waals surface area contributed by atoms with Gasteiger partial charge in [0, 0.05) is 30.2 Å². The molecule has 20 heavy (non-hydrogen) atoms. The molecule has 1 atom stereocenters. The fourth-order valence-corrected chi connectivity index (χ4v) is 2.85. The zero-order valence-electron chi connectivity index (χ0n) is 10.9. The lowest BCUT2D eigenvalue weighted by Gasteiger charge is -2.11. The van der Waals surface area contributed by atoms with Gasteiger partial charge in [0.15, 0.2) is 16.5 Å². The molecule has 4 nitrogen and oxygen atoms in total. The van der Waals surface area contributed by atoms with E-state index in [-0.39, 0.29) is 11.8 Å². The third-order valence-corrected chi connectivity index (χ3v) is 3.95. The summed E-state index contributed by atoms with van der Waals surface area (Å²) in [5.74, 6) is -0.172. The highest BCUT2D eigenvalue weighted by Gasteiger charge is 2.13. The number of methoxy groups -OCH3 is 1. The Morgan fingerprint density at radius 3 is 3.05 bits per heavy atom. The normalized spacial score (nSPS) is 12.8. The highest BCUT2D eigenvalue weighted by molar-refractivity contribution is 7.15. The van der Waals surface area contributed by atoms with E-state index in [9.17, 15) is 4.39 Å². The number of hydrogen-bond donors (Lipinski definition) is 1. The summed E-state index contributed by atoms with van der Waals surface area (Å²) < 4.78 is 20.5. The third kappa shape index (κ3) is 2.39. The minimum absolute atomic E-state index is 0.225. The molecule has 0 radical (unpaired) electrons. The van der Waals surface area contributed by atoms with Crippen molar-refractivity contribution in [2.24, 2.45) is 5.73 Å². The van der Waals surface area contributed by atoms with Crippen LogP contribution in [0.25, 0.3) is 4.96 Å². The van der Waals surface area contributed by atoms with E-state index in [1.807, 2.05) is 22.2 Å². The number of benzene rings is 1. The summed E-state index contributed by atoms with van der Waals surface area (Å²) in [5, 5.41) is 1.98. The van der Waals surface area contributed by atoms with Crippen LogP contribution in [0.3, 0.4) is 0 Å². The lowest BCUT2D eigenvalue weighted by molar-refractivity contribution is 0.386. The van der Waals surface area contributed by atoms with E-state index in [0.717, 1.165) is 16.2 Å². The molecule has 0 amide bonds. The van der Waals surface area contributed by atoms with Crippen molar-refractivity contribution in [3.63, 3.8) is 0 Å². The number of rotatable bonds is 4. The Bertz CT molecular complexity index is 708. The molecular weight excluding hydrogens is 277 g/mol. The molecule has 0 saturated carbocycles. The van der Waals surface area contributed by atoms with Crippen LogP contribution in [0.2, 0.25) is 0 Å². The zero-order chi connectivity index (χ0) is 14.1. The van der Waals surface area contributed by atoms with Gasteiger partial charge in [-0.1, -0.05) is 6.07 Å². The SMILES string of the molecule is COc1ccc(C(N)Cc2cn3ccsc3n2)cc1F. The van der Waals surface area contributed by atoms with Gasteiger partial charge in [-0.3, -0.25) is 4.40 Å². The topological polar surface area (TPSA) is 52.5 Å². The number of halogens is 1. The molecule has 0 aliphatic rings. The Balaban J connectivity index is 1.80. The molecule has 1 unspecified atom stereocenters. The Labute approximate surface area is 119 Å². The predicted octanol–water partition coefficient (Wildman–Crippen LogP) is 2.79. The first kappa shape index (κ1) is 13.1. The second-order valence-electron chi connectivity index (χ2n) is 4.53. The van der Waals surface area contributed by atoms with Gasteiger partial charge in [-0.2, -0.15) is 0 Å². The molecule has 3 aromatic rings. The van der Waals surface area contributed by atoms with E-state index in [1.54, 1.807) is 23.5 Å². The van der Waals surface area contributed by atoms with E-state index >= 15 is 0 Å². The molecule has 2 heterocycles. The Morgan fingerprint density at radius 1 is 1.50 bits per heavy atom. The van der Waals surface area contributed by atoms with Crippen LogP contribution in [-0.2, 0) is 6.42 Å². The van der Waals surface area contributed by atoms with Crippen LogP contribution in [0.1, 0.15) is 17.3 Å². The largest absolute Gasteiger partial charge is 0.494 e. The molecule has 0 aliphatic heterocycles. The van der Waals surface area contributed by atoms with Crippen LogP contribution in [0, 0.1) is 5.82 Å². The number of nitrogens with two attached hydrogens (primary N) is 1. The van der Waals surface area contributed by atoms with Crippen LogP contribution in [0.4, 0.5) is 4.39 Å². The van der Waals surface area contributed by atoms with Crippen molar-refractivity contribution in [3.05, 3.63) is 53.0 Å². The van der Waals surface area contributed by atoms with E-state index < -0.39 is 5.82 Å². The number of fused-ring (bicyclic) bond motifs is 1. The fourth-order valence-electron chi connectivity index (χ4n) is 2.13. The van der Waals surface area contributed by atoms with Gasteiger partial charge in [0.2, 0.25) is 0 Å². The minimum Gasteiger partial charge on any atom is -0.494 e. The van der Waals surface area contributed by atoms with Crippen molar-refractivity contribution in [2.45, 2.75) is 12.5 Å². The van der Waals surface area contributed by atoms with Crippen molar-refractivity contribution in [1.29, 1.82) is 0 Å². The summed E-state index contributed by atoms with van der Waals surface area (Å²) >= 11 is 1.57. The van der Waals surface area contributed by atoms with Gasteiger partial charge < -0.3 is 10.5 Å². The van der Waals surface area contributed by atoms with Crippen LogP contribution in [0.5, 0.6) is 5.75 Å². The summed E-state index contributed by atoms with van der Waals surface area (Å²) in [6.07, 6.45) is 4.47. The average molecular weight is 291 g/mol. The Hall–Kier alpha value is -1.92. The predicted molar refractivity (Wildman–Crippen MR) is 76.7 cm³/mol. The van der Waals surface area contributed by atoms with E-state index in [4.69, 9.17) is 10.5 Å². The monoisotopic (exact) mass is 291 g/mol. The second-order valence-corrected chi connectivity index (χ2v) is 5.40. The molecule has 0 aliphatic carbocycles. The number of imidazole rings is 1. The van der Waals surface area contributed by atoms with Gasteiger partial charge in [0.1, 0.15) is 0 Å². The van der Waals surface area contributed by atoms with Crippen LogP contribution >= 0.6 is 11.3 Å². The first-order chi connectivity index (χ1) is 9.67. The summed E-state index contributed by atoms with van der Waals surface area (Å²) in [6.45, 7) is 0. The lowest BCUT2D eigenvalue weighted by atomic mass is 10.0. The van der Waals surface area contributed by atoms with E-state index in [1.165, 1.54) is 13.2 Å². The van der Waals surface area contributed by atoms with E-state index in [2.05, 4.69) is 4.98 Å². The van der Waals surface area contributed by atoms with Crippen molar-refractivity contribution >= 4 is 16.3 Å². The second kappa shape index (κ2) is 5.22. The van der Waals surface area contributed by atoms with Gasteiger partial charge >= 0.3 is 0 Å². The highest BCUT2D eigenvalue weighted by atomic mass is 32.1. The molecule has 0 fully saturated rings. The maximum Gasteiger partial charge on any atom is 0.193 e. The molecule has 0 bridgehead atoms. The zero-order valence-corrected chi connectivity index (χ0v) is 11.7. The highest BCUT2D eigenvalue weighted by Crippen LogP contribution is 2.23. The molecule has 0 saturated heterocycles. The van der Waals surface area contributed by atoms with Gasteiger partial charge in [-0.15, -0.1) is 11.3 Å². The standard InChI is InChI=1S/C14H14FN3OS/c1-19-13-3-2-9(6-11(13)15)12(16)7-10-8-18-4-5-20-14(18)17-10/h2-6,8,12H,7,16H2,1H3. The summed E-state index contributed by atoms with van der Waals surface area (Å²) in [7, 11) is 1.44. The van der Waals surface area contributed by atoms with Crippen molar-refractivity contribution in [1.82, 2.24) is 9.38 Å². The van der Waals surface area contributed by atoms with Crippen LogP contribution in [0.15, 0.2) is 36.0 Å². The van der Waals surface area contributed by atoms with Gasteiger partial charge in [0.05, 0.1) is 12.8 Å². The Morgan fingerprint density at radius 2 is 2.35 bits per heavy atom. The summed E-state index contributed by atoms with van der Waals surface area (Å²) in [5.41, 5.74) is 7.76. The Kier molecular flexibility index (Phi) is 3.42. The van der Waals surface area contributed by atoms with Gasteiger partial charge in [-0.25, -0.2) is 9.37 Å². The molecule has 3 rings (SSSR count). The van der Waals surface area contributed by atoms with Crippen molar-refractivity contribution < 1.29 is 9.13 Å². The fraction of sp³-hybridized carbons (Fsp3) is 0.214. The van der Waals surface area contributed by atoms with Gasteiger partial charge in [-0.05, 0) is 17.7 Å². The number of thiazole rings is 1. The van der Waals surface area contributed by atoms with Crippen molar-refractivity contribution in [3.8, 4) is 5.75 Å². The molecule has 104 valence electrons. The summed E-state index contributed by atoms with van der Waals surface area (Å²) in [6, 6.07) is 4.50. The van der Waals surface area contributed by atoms with Crippen molar-refractivity contribution in [2.75, 3.05) is 7.11 Å². The van der Waals surface area contributed by atoms with E-state index in [0.29, 0.717) is 6.42 Å². The molecule has 1 aromatic carbocycles. The third-order valence-electron chi connectivity index (χ3n) is 3.18. The molecule has 2 aromatic heterocycles. The van der Waals surface area contributed by atoms with Crippen LogP contribution < -0.4 is 10.5 Å². The lowest BCUT2D eigenvalue weighted by Crippen LogP contribution is -2.14. The molecular formula is C14H14FN3OS. The maximum atomic E-state index is 13.7. The van der Waals surface area contributed by atoms with Crippen LogP contribution in [-0.4, -0.2) is 16.5 Å². The summed E-state index contributed by atoms with van der Waals surface area (Å²) in [4.78, 5) is 5.42. The number of nitrogens with zero attached hydrogens (tertiary/aromatic N) is 2. The average Bonchev–Trinajstić information content (AvgIpc) is 2.99. The first-order valence-electron chi connectivity index (χ1n) is 6.17. The number of ether oxygens (including phenoxy) is 1. The number of hydrogen-bond acceptors (Lipinski definition) is 4. The quantitative estimate of drug-likeness (QED) is 0.804. The smallest absolute Gasteiger partial charge is 0.193 e. The maximum absolute atomic E-state index is 13.7. The first-order valence-corrected chi connectivity index (χ1v) is 7.05. The number of aromatic nitrogens is 2.